The predicted molar refractivity (Wildman–Crippen MR) is 124 cm³/mol. The smallest absolute Gasteiger partial charge is 0.408 e. The summed E-state index contributed by atoms with van der Waals surface area (Å²) in [6.07, 6.45) is -0.200. The van der Waals surface area contributed by atoms with E-state index in [-0.39, 0.29) is 25.9 Å². The Balaban J connectivity index is 1.43. The van der Waals surface area contributed by atoms with Gasteiger partial charge < -0.3 is 30.1 Å². The third kappa shape index (κ3) is 7.00. The van der Waals surface area contributed by atoms with Gasteiger partial charge in [0.05, 0.1) is 6.42 Å². The maximum atomic E-state index is 13.6. The van der Waals surface area contributed by atoms with Gasteiger partial charge >= 0.3 is 12.1 Å². The summed E-state index contributed by atoms with van der Waals surface area (Å²) in [6, 6.07) is 6.37. The molecule has 14 heteroatoms. The molecule has 0 spiro atoms. The highest BCUT2D eigenvalue weighted by molar-refractivity contribution is 5.92. The first-order valence-corrected chi connectivity index (χ1v) is 12.1. The monoisotopic (exact) mass is 515 g/mol. The summed E-state index contributed by atoms with van der Waals surface area (Å²) in [5.41, 5.74) is 0.789. The van der Waals surface area contributed by atoms with Gasteiger partial charge in [-0.25, -0.2) is 4.79 Å². The fraction of sp³-hybridized carbons (Fsp3) is 0.522. The predicted octanol–water partition coefficient (Wildman–Crippen LogP) is -0.441. The van der Waals surface area contributed by atoms with Gasteiger partial charge in [0.2, 0.25) is 18.1 Å². The molecule has 2 saturated heterocycles. The number of nitrogens with one attached hydrogen (secondary N) is 3. The Labute approximate surface area is 212 Å². The van der Waals surface area contributed by atoms with Crippen LogP contribution in [-0.2, 0) is 36.9 Å². The minimum absolute atomic E-state index is 0.0255. The number of aromatic amines is 1. The van der Waals surface area contributed by atoms with E-state index in [0.717, 1.165) is 5.56 Å². The molecule has 3 heterocycles. The van der Waals surface area contributed by atoms with Gasteiger partial charge in [0.15, 0.2) is 5.82 Å². The van der Waals surface area contributed by atoms with Crippen LogP contribution >= 0.6 is 0 Å². The van der Waals surface area contributed by atoms with Crippen LogP contribution in [0, 0.1) is 0 Å². The van der Waals surface area contributed by atoms with Crippen molar-refractivity contribution in [2.45, 2.75) is 69.5 Å². The van der Waals surface area contributed by atoms with Crippen LogP contribution in [0.15, 0.2) is 30.3 Å². The molecule has 1 unspecified atom stereocenters. The summed E-state index contributed by atoms with van der Waals surface area (Å²) in [6.45, 7) is 0.330. The van der Waals surface area contributed by atoms with E-state index >= 15 is 0 Å². The van der Waals surface area contributed by atoms with Crippen molar-refractivity contribution in [3.8, 4) is 0 Å². The third-order valence-corrected chi connectivity index (χ3v) is 6.25. The fourth-order valence-electron chi connectivity index (χ4n) is 4.34. The maximum absolute atomic E-state index is 13.6. The van der Waals surface area contributed by atoms with Gasteiger partial charge in [-0.05, 0) is 31.2 Å². The number of aromatic nitrogens is 4. The molecule has 2 aliphatic heterocycles. The van der Waals surface area contributed by atoms with Gasteiger partial charge in [0.1, 0.15) is 24.7 Å². The zero-order valence-electron chi connectivity index (χ0n) is 20.0. The van der Waals surface area contributed by atoms with Gasteiger partial charge in [-0.2, -0.15) is 5.21 Å². The number of aliphatic hydroxyl groups is 1. The van der Waals surface area contributed by atoms with E-state index in [1.807, 2.05) is 30.3 Å². The Morgan fingerprint density at radius 1 is 1.24 bits per heavy atom. The Bertz CT molecular complexity index is 1080. The average Bonchev–Trinajstić information content (AvgIpc) is 3.54. The average molecular weight is 516 g/mol. The van der Waals surface area contributed by atoms with Crippen molar-refractivity contribution >= 4 is 23.9 Å². The quantitative estimate of drug-likeness (QED) is 0.319. The number of tetrazole rings is 1. The van der Waals surface area contributed by atoms with E-state index in [0.29, 0.717) is 31.6 Å². The molecule has 2 fully saturated rings. The Morgan fingerprint density at radius 3 is 2.76 bits per heavy atom. The first kappa shape index (κ1) is 26.0. The number of likely N-dealkylation sites (tertiary alicyclic amines) is 1. The summed E-state index contributed by atoms with van der Waals surface area (Å²) in [5.74, 6) is -1.21. The molecule has 0 radical (unpaired) electrons. The molecule has 4 N–H and O–H groups in total. The summed E-state index contributed by atoms with van der Waals surface area (Å²) in [4.78, 5) is 52.1. The number of hydrogen-bond donors (Lipinski definition) is 4. The van der Waals surface area contributed by atoms with Crippen LogP contribution in [0.1, 0.15) is 43.5 Å². The summed E-state index contributed by atoms with van der Waals surface area (Å²) < 4.78 is 9.98. The number of aliphatic hydroxyl groups excluding tert-OH is 1. The summed E-state index contributed by atoms with van der Waals surface area (Å²) in [5, 5.41) is 28.7. The van der Waals surface area contributed by atoms with Crippen molar-refractivity contribution in [3.63, 3.8) is 0 Å². The van der Waals surface area contributed by atoms with E-state index in [2.05, 4.69) is 36.0 Å². The zero-order valence-corrected chi connectivity index (χ0v) is 20.0. The summed E-state index contributed by atoms with van der Waals surface area (Å²) >= 11 is 0. The third-order valence-electron chi connectivity index (χ3n) is 6.25. The standard InChI is InChI=1S/C23H29N7O7/c31-19-12-16(22(34)37-19)24-20(32)17-8-4-5-11-30(17)21(33)15(9-10-18-26-28-29-27-18)25-23(35)36-13-14-6-2-1-3-7-14/h1-3,6-7,15-17,22,34H,4-5,8-13H2,(H,24,32)(H,25,35)(H,26,27,28,29)/t15-,16-,17-,22?/m0/s1. The van der Waals surface area contributed by atoms with Crippen molar-refractivity contribution in [2.75, 3.05) is 6.54 Å². The van der Waals surface area contributed by atoms with Crippen molar-refractivity contribution in [1.82, 2.24) is 36.2 Å². The van der Waals surface area contributed by atoms with Crippen LogP contribution in [-0.4, -0.2) is 85.5 Å². The lowest BCUT2D eigenvalue weighted by Crippen LogP contribution is -2.59. The molecule has 3 amide bonds. The lowest BCUT2D eigenvalue weighted by Gasteiger charge is -2.37. The van der Waals surface area contributed by atoms with Crippen LogP contribution in [0.3, 0.4) is 0 Å². The van der Waals surface area contributed by atoms with Crippen molar-refractivity contribution in [2.24, 2.45) is 0 Å². The molecule has 4 rings (SSSR count). The van der Waals surface area contributed by atoms with Crippen molar-refractivity contribution < 1.29 is 33.8 Å². The highest BCUT2D eigenvalue weighted by Crippen LogP contribution is 2.21. The second kappa shape index (κ2) is 12.3. The molecule has 37 heavy (non-hydrogen) atoms. The van der Waals surface area contributed by atoms with Crippen LogP contribution in [0.25, 0.3) is 0 Å². The SMILES string of the molecule is O=C1C[C@H](NC(=O)[C@@H]2CCCCN2C(=O)[C@H](CCc2nn[nH]n2)NC(=O)OCc2ccccc2)C(O)O1. The number of esters is 1. The molecule has 198 valence electrons. The number of ether oxygens (including phenoxy) is 2. The topological polar surface area (TPSA) is 189 Å². The molecule has 0 bridgehead atoms. The van der Waals surface area contributed by atoms with Crippen LogP contribution in [0.5, 0.6) is 0 Å². The molecule has 4 atom stereocenters. The molecule has 1 aromatic carbocycles. The number of amides is 3. The highest BCUT2D eigenvalue weighted by Gasteiger charge is 2.40. The van der Waals surface area contributed by atoms with Crippen molar-refractivity contribution in [1.29, 1.82) is 0 Å². The molecule has 0 aliphatic carbocycles. The van der Waals surface area contributed by atoms with Gasteiger partial charge in [0, 0.05) is 13.0 Å². The number of H-pyrrole nitrogens is 1. The molecule has 1 aromatic heterocycles. The lowest BCUT2D eigenvalue weighted by atomic mass is 9.98. The van der Waals surface area contributed by atoms with E-state index < -0.39 is 48.3 Å². The second-order valence-electron chi connectivity index (χ2n) is 8.87. The van der Waals surface area contributed by atoms with E-state index in [9.17, 15) is 24.3 Å². The lowest BCUT2D eigenvalue weighted by molar-refractivity contribution is -0.155. The Kier molecular flexibility index (Phi) is 8.61. The number of cyclic esters (lactones) is 1. The number of rotatable bonds is 9. The minimum atomic E-state index is -1.44. The number of piperidine rings is 1. The number of aryl methyl sites for hydroxylation is 1. The number of carbonyl (C=O) groups excluding carboxylic acids is 4. The van der Waals surface area contributed by atoms with E-state index in [4.69, 9.17) is 4.74 Å². The fourth-order valence-corrected chi connectivity index (χ4v) is 4.34. The number of nitrogens with zero attached hydrogens (tertiary/aromatic N) is 4. The van der Waals surface area contributed by atoms with Crippen LogP contribution < -0.4 is 10.6 Å². The molecular weight excluding hydrogens is 486 g/mol. The van der Waals surface area contributed by atoms with E-state index in [1.54, 1.807) is 0 Å². The van der Waals surface area contributed by atoms with Gasteiger partial charge in [-0.3, -0.25) is 14.4 Å². The Hall–Kier alpha value is -4.07. The van der Waals surface area contributed by atoms with Gasteiger partial charge in [0.25, 0.3) is 0 Å². The van der Waals surface area contributed by atoms with Crippen LogP contribution in [0.4, 0.5) is 4.79 Å². The van der Waals surface area contributed by atoms with Gasteiger partial charge in [-0.1, -0.05) is 35.5 Å². The van der Waals surface area contributed by atoms with Gasteiger partial charge in [-0.15, -0.1) is 10.2 Å². The molecule has 14 nitrogen and oxygen atoms in total. The largest absolute Gasteiger partial charge is 0.445 e. The first-order valence-electron chi connectivity index (χ1n) is 12.1. The van der Waals surface area contributed by atoms with Crippen molar-refractivity contribution in [3.05, 3.63) is 41.7 Å². The maximum Gasteiger partial charge on any atom is 0.408 e. The number of carbonyl (C=O) groups is 4. The molecular formula is C23H29N7O7. The normalized spacial score (nSPS) is 22.1. The number of benzene rings is 1. The Morgan fingerprint density at radius 2 is 2.05 bits per heavy atom. The second-order valence-corrected chi connectivity index (χ2v) is 8.87. The molecule has 0 saturated carbocycles. The first-order chi connectivity index (χ1) is 17.9. The number of alkyl carbamates (subject to hydrolysis) is 1. The molecule has 2 aliphatic rings. The zero-order chi connectivity index (χ0) is 26.2. The van der Waals surface area contributed by atoms with Crippen LogP contribution in [0.2, 0.25) is 0 Å². The van der Waals surface area contributed by atoms with E-state index in [1.165, 1.54) is 4.90 Å². The molecule has 2 aromatic rings. The minimum Gasteiger partial charge on any atom is -0.445 e. The number of hydrogen-bond acceptors (Lipinski definition) is 10. The highest BCUT2D eigenvalue weighted by atomic mass is 16.6. The summed E-state index contributed by atoms with van der Waals surface area (Å²) in [7, 11) is 0.